The van der Waals surface area contributed by atoms with E-state index in [1.54, 1.807) is 0 Å². The first kappa shape index (κ1) is 14.5. The summed E-state index contributed by atoms with van der Waals surface area (Å²) in [6.07, 6.45) is 6.88. The third-order valence-corrected chi connectivity index (χ3v) is 4.45. The number of hydrogen-bond acceptors (Lipinski definition) is 3. The molecule has 2 aromatic rings. The van der Waals surface area contributed by atoms with Crippen molar-refractivity contribution in [2.75, 3.05) is 19.6 Å². The third kappa shape index (κ3) is 3.44. The van der Waals surface area contributed by atoms with Crippen molar-refractivity contribution < 1.29 is 0 Å². The molecule has 4 nitrogen and oxygen atoms in total. The Balaban J connectivity index is 1.56. The zero-order valence-electron chi connectivity index (χ0n) is 13.1. The van der Waals surface area contributed by atoms with Crippen LogP contribution in [0.1, 0.15) is 32.4 Å². The number of likely N-dealkylation sites (tertiary alicyclic amines) is 1. The van der Waals surface area contributed by atoms with E-state index in [0.29, 0.717) is 12.0 Å². The molecule has 3 rings (SSSR count). The summed E-state index contributed by atoms with van der Waals surface area (Å²) in [5.41, 5.74) is 2.14. The molecule has 114 valence electrons. The highest BCUT2D eigenvalue weighted by Gasteiger charge is 2.24. The Morgan fingerprint density at radius 3 is 2.76 bits per heavy atom. The molecule has 0 aliphatic carbocycles. The number of hydrogen-bond donors (Lipinski definition) is 1. The van der Waals surface area contributed by atoms with Crippen molar-refractivity contribution in [2.24, 2.45) is 5.92 Å². The van der Waals surface area contributed by atoms with Crippen LogP contribution < -0.4 is 5.32 Å². The van der Waals surface area contributed by atoms with E-state index in [1.807, 2.05) is 24.4 Å². The number of fused-ring (bicyclic) bond motifs is 1. The van der Waals surface area contributed by atoms with Gasteiger partial charge in [-0.2, -0.15) is 0 Å². The second kappa shape index (κ2) is 6.58. The van der Waals surface area contributed by atoms with E-state index in [4.69, 9.17) is 0 Å². The highest BCUT2D eigenvalue weighted by molar-refractivity contribution is 5.39. The number of pyridine rings is 1. The maximum absolute atomic E-state index is 4.64. The maximum Gasteiger partial charge on any atom is 0.137 e. The van der Waals surface area contributed by atoms with Gasteiger partial charge in [0.15, 0.2) is 0 Å². The minimum absolute atomic E-state index is 0.643. The van der Waals surface area contributed by atoms with E-state index in [0.717, 1.165) is 24.4 Å². The van der Waals surface area contributed by atoms with Gasteiger partial charge in [-0.15, -0.1) is 0 Å². The maximum atomic E-state index is 4.64. The SMILES string of the molecule is CC(C)C(CNCc1cn2ccccc2n1)N1CCCC1. The Morgan fingerprint density at radius 2 is 2.05 bits per heavy atom. The van der Waals surface area contributed by atoms with E-state index in [9.17, 15) is 0 Å². The summed E-state index contributed by atoms with van der Waals surface area (Å²) in [7, 11) is 0. The van der Waals surface area contributed by atoms with Gasteiger partial charge in [0.05, 0.1) is 5.69 Å². The van der Waals surface area contributed by atoms with E-state index in [-0.39, 0.29) is 0 Å². The molecular formula is C17H26N4. The molecule has 0 bridgehead atoms. The van der Waals surface area contributed by atoms with Crippen molar-refractivity contribution in [3.8, 4) is 0 Å². The van der Waals surface area contributed by atoms with Crippen molar-refractivity contribution in [3.05, 3.63) is 36.3 Å². The van der Waals surface area contributed by atoms with Gasteiger partial charge in [-0.05, 0) is 44.0 Å². The first-order valence-electron chi connectivity index (χ1n) is 8.11. The quantitative estimate of drug-likeness (QED) is 0.886. The number of aromatic nitrogens is 2. The normalized spacial score (nSPS) is 17.9. The monoisotopic (exact) mass is 286 g/mol. The van der Waals surface area contributed by atoms with Crippen LogP contribution in [0.2, 0.25) is 0 Å². The van der Waals surface area contributed by atoms with Crippen LogP contribution in [0.3, 0.4) is 0 Å². The van der Waals surface area contributed by atoms with Gasteiger partial charge in [0.1, 0.15) is 5.65 Å². The van der Waals surface area contributed by atoms with Crippen LogP contribution in [0.5, 0.6) is 0 Å². The zero-order valence-corrected chi connectivity index (χ0v) is 13.1. The predicted octanol–water partition coefficient (Wildman–Crippen LogP) is 2.54. The summed E-state index contributed by atoms with van der Waals surface area (Å²) in [5, 5.41) is 3.60. The number of nitrogens with zero attached hydrogens (tertiary/aromatic N) is 3. The average molecular weight is 286 g/mol. The molecule has 0 radical (unpaired) electrons. The second-order valence-electron chi connectivity index (χ2n) is 6.38. The highest BCUT2D eigenvalue weighted by Crippen LogP contribution is 2.17. The Hall–Kier alpha value is -1.39. The summed E-state index contributed by atoms with van der Waals surface area (Å²) in [6.45, 7) is 9.08. The van der Waals surface area contributed by atoms with Gasteiger partial charge in [0.2, 0.25) is 0 Å². The zero-order chi connectivity index (χ0) is 14.7. The van der Waals surface area contributed by atoms with Gasteiger partial charge >= 0.3 is 0 Å². The number of imidazole rings is 1. The molecule has 1 aliphatic heterocycles. The standard InChI is InChI=1S/C17H26N4/c1-14(2)16(20-8-5-6-9-20)12-18-11-15-13-21-10-4-3-7-17(21)19-15/h3-4,7,10,13-14,16,18H,5-6,8-9,11-12H2,1-2H3. The van der Waals surface area contributed by atoms with Crippen molar-refractivity contribution in [1.82, 2.24) is 19.6 Å². The lowest BCUT2D eigenvalue weighted by Gasteiger charge is -2.31. The first-order chi connectivity index (χ1) is 10.2. The van der Waals surface area contributed by atoms with Gasteiger partial charge in [-0.1, -0.05) is 19.9 Å². The number of rotatable bonds is 6. The van der Waals surface area contributed by atoms with E-state index in [1.165, 1.54) is 25.9 Å². The molecule has 1 saturated heterocycles. The van der Waals surface area contributed by atoms with Crippen molar-refractivity contribution >= 4 is 5.65 Å². The van der Waals surface area contributed by atoms with Gasteiger partial charge in [0.25, 0.3) is 0 Å². The molecular weight excluding hydrogens is 260 g/mol. The Kier molecular flexibility index (Phi) is 4.56. The predicted molar refractivity (Wildman–Crippen MR) is 86.3 cm³/mol. The molecule has 2 aromatic heterocycles. The van der Waals surface area contributed by atoms with Crippen LogP contribution in [-0.2, 0) is 6.54 Å². The minimum Gasteiger partial charge on any atom is -0.310 e. The van der Waals surface area contributed by atoms with Crippen molar-refractivity contribution in [1.29, 1.82) is 0 Å². The molecule has 0 saturated carbocycles. The van der Waals surface area contributed by atoms with Crippen LogP contribution in [0.4, 0.5) is 0 Å². The lowest BCUT2D eigenvalue weighted by molar-refractivity contribution is 0.186. The lowest BCUT2D eigenvalue weighted by Crippen LogP contribution is -2.44. The topological polar surface area (TPSA) is 32.6 Å². The second-order valence-corrected chi connectivity index (χ2v) is 6.38. The van der Waals surface area contributed by atoms with Crippen LogP contribution in [-0.4, -0.2) is 40.0 Å². The lowest BCUT2D eigenvalue weighted by atomic mass is 10.0. The summed E-state index contributed by atoms with van der Waals surface area (Å²) >= 11 is 0. The smallest absolute Gasteiger partial charge is 0.137 e. The average Bonchev–Trinajstić information content (AvgIpc) is 3.11. The minimum atomic E-state index is 0.643. The number of nitrogens with one attached hydrogen (secondary N) is 1. The third-order valence-electron chi connectivity index (χ3n) is 4.45. The van der Waals surface area contributed by atoms with Crippen LogP contribution in [0, 0.1) is 5.92 Å². The van der Waals surface area contributed by atoms with Gasteiger partial charge in [-0.25, -0.2) is 4.98 Å². The Bertz CT molecular complexity index is 536. The van der Waals surface area contributed by atoms with E-state index >= 15 is 0 Å². The molecule has 3 heterocycles. The van der Waals surface area contributed by atoms with Gasteiger partial charge in [-0.3, -0.25) is 4.90 Å². The molecule has 21 heavy (non-hydrogen) atoms. The summed E-state index contributed by atoms with van der Waals surface area (Å²) in [4.78, 5) is 7.28. The van der Waals surface area contributed by atoms with Crippen LogP contribution in [0.15, 0.2) is 30.6 Å². The summed E-state index contributed by atoms with van der Waals surface area (Å²) in [5.74, 6) is 0.691. The molecule has 1 fully saturated rings. The van der Waals surface area contributed by atoms with Gasteiger partial charge < -0.3 is 9.72 Å². The fraction of sp³-hybridized carbons (Fsp3) is 0.588. The van der Waals surface area contributed by atoms with Crippen molar-refractivity contribution in [3.63, 3.8) is 0 Å². The Morgan fingerprint density at radius 1 is 1.24 bits per heavy atom. The molecule has 1 unspecified atom stereocenters. The van der Waals surface area contributed by atoms with Gasteiger partial charge in [0, 0.05) is 31.5 Å². The summed E-state index contributed by atoms with van der Waals surface area (Å²) in [6, 6.07) is 6.75. The fourth-order valence-electron chi connectivity index (χ4n) is 3.28. The Labute approximate surface area is 127 Å². The van der Waals surface area contributed by atoms with E-state index < -0.39 is 0 Å². The molecule has 1 aliphatic rings. The first-order valence-corrected chi connectivity index (χ1v) is 8.11. The summed E-state index contributed by atoms with van der Waals surface area (Å²) < 4.78 is 2.08. The molecule has 0 aromatic carbocycles. The largest absolute Gasteiger partial charge is 0.310 e. The van der Waals surface area contributed by atoms with E-state index in [2.05, 4.69) is 39.6 Å². The fourth-order valence-corrected chi connectivity index (χ4v) is 3.28. The molecule has 0 amide bonds. The molecule has 1 N–H and O–H groups in total. The molecule has 1 atom stereocenters. The molecule has 0 spiro atoms. The highest BCUT2D eigenvalue weighted by atomic mass is 15.2. The van der Waals surface area contributed by atoms with Crippen LogP contribution >= 0.6 is 0 Å². The van der Waals surface area contributed by atoms with Crippen molar-refractivity contribution in [2.45, 2.75) is 39.3 Å². The molecule has 4 heteroatoms. The van der Waals surface area contributed by atoms with Crippen LogP contribution in [0.25, 0.3) is 5.65 Å².